The predicted octanol–water partition coefficient (Wildman–Crippen LogP) is 6.08. The lowest BCUT2D eigenvalue weighted by atomic mass is 9.88. The van der Waals surface area contributed by atoms with Gasteiger partial charge in [-0.15, -0.1) is 0 Å². The fraction of sp³-hybridized carbons (Fsp3) is 0.240. The Morgan fingerprint density at radius 3 is 2.53 bits per heavy atom. The van der Waals surface area contributed by atoms with Gasteiger partial charge >= 0.3 is 5.97 Å². The van der Waals surface area contributed by atoms with Crippen molar-refractivity contribution in [2.75, 3.05) is 5.32 Å². The van der Waals surface area contributed by atoms with E-state index in [1.807, 2.05) is 79.7 Å². The average molecular weight is 422 g/mol. The van der Waals surface area contributed by atoms with E-state index in [-0.39, 0.29) is 24.5 Å². The Labute approximate surface area is 181 Å². The van der Waals surface area contributed by atoms with Gasteiger partial charge in [0, 0.05) is 22.7 Å². The molecular formula is C25H24ClNO3. The predicted molar refractivity (Wildman–Crippen MR) is 119 cm³/mol. The van der Waals surface area contributed by atoms with Crippen LogP contribution in [0.15, 0.2) is 72.8 Å². The number of fused-ring (bicyclic) bond motifs is 1. The third kappa shape index (κ3) is 4.60. The first-order valence-corrected chi connectivity index (χ1v) is 10.5. The molecule has 3 aromatic rings. The van der Waals surface area contributed by atoms with E-state index in [4.69, 9.17) is 16.3 Å². The number of aliphatic carboxylic acids is 1. The number of hydrogen-bond donors (Lipinski definition) is 2. The van der Waals surface area contributed by atoms with Gasteiger partial charge in [-0.2, -0.15) is 0 Å². The number of carbonyl (C=O) groups is 1. The fourth-order valence-electron chi connectivity index (χ4n) is 4.07. The summed E-state index contributed by atoms with van der Waals surface area (Å²) in [6.07, 6.45) is 0.692. The molecule has 154 valence electrons. The molecule has 0 fully saturated rings. The minimum absolute atomic E-state index is 0.000859. The van der Waals surface area contributed by atoms with Crippen molar-refractivity contribution < 1.29 is 14.6 Å². The molecule has 1 heterocycles. The van der Waals surface area contributed by atoms with E-state index in [9.17, 15) is 9.90 Å². The van der Waals surface area contributed by atoms with E-state index in [1.54, 1.807) is 0 Å². The molecule has 3 unspecified atom stereocenters. The summed E-state index contributed by atoms with van der Waals surface area (Å²) in [5.74, 6) is -0.196. The second kappa shape index (κ2) is 8.80. The highest BCUT2D eigenvalue weighted by Gasteiger charge is 2.34. The van der Waals surface area contributed by atoms with Crippen LogP contribution in [0.2, 0.25) is 5.02 Å². The van der Waals surface area contributed by atoms with Gasteiger partial charge in [0.1, 0.15) is 11.9 Å². The highest BCUT2D eigenvalue weighted by atomic mass is 35.5. The summed E-state index contributed by atoms with van der Waals surface area (Å²) >= 11 is 5.99. The van der Waals surface area contributed by atoms with Gasteiger partial charge in [0.25, 0.3) is 0 Å². The van der Waals surface area contributed by atoms with Crippen LogP contribution in [-0.4, -0.2) is 17.1 Å². The van der Waals surface area contributed by atoms with Crippen LogP contribution in [-0.2, 0) is 11.2 Å². The molecule has 0 saturated heterocycles. The van der Waals surface area contributed by atoms with E-state index in [0.717, 1.165) is 34.5 Å². The summed E-state index contributed by atoms with van der Waals surface area (Å²) in [6.45, 7) is 2.01. The largest absolute Gasteiger partial charge is 0.486 e. The molecule has 3 atom stereocenters. The maximum absolute atomic E-state index is 11.6. The van der Waals surface area contributed by atoms with Gasteiger partial charge in [-0.05, 0) is 60.4 Å². The Balaban J connectivity index is 1.56. The Kier molecular flexibility index (Phi) is 5.96. The first kappa shape index (κ1) is 20.3. The number of benzene rings is 3. The van der Waals surface area contributed by atoms with Crippen LogP contribution in [0.25, 0.3) is 0 Å². The number of anilines is 1. The summed E-state index contributed by atoms with van der Waals surface area (Å²) in [6, 6.07) is 23.6. The van der Waals surface area contributed by atoms with Gasteiger partial charge in [0.05, 0.1) is 6.42 Å². The zero-order valence-corrected chi connectivity index (χ0v) is 17.5. The van der Waals surface area contributed by atoms with Crippen LogP contribution >= 0.6 is 11.6 Å². The molecule has 2 N–H and O–H groups in total. The van der Waals surface area contributed by atoms with E-state index < -0.39 is 5.97 Å². The van der Waals surface area contributed by atoms with Gasteiger partial charge in [0.2, 0.25) is 0 Å². The molecule has 1 aliphatic heterocycles. The second-order valence-electron chi connectivity index (χ2n) is 7.71. The summed E-state index contributed by atoms with van der Waals surface area (Å²) in [5.41, 5.74) is 4.18. The third-order valence-electron chi connectivity index (χ3n) is 5.59. The molecule has 0 saturated carbocycles. The third-order valence-corrected chi connectivity index (χ3v) is 5.85. The highest BCUT2D eigenvalue weighted by molar-refractivity contribution is 6.30. The lowest BCUT2D eigenvalue weighted by Gasteiger charge is -2.20. The molecule has 4 nitrogen and oxygen atoms in total. The molecule has 0 spiro atoms. The Morgan fingerprint density at radius 1 is 1.10 bits per heavy atom. The monoisotopic (exact) mass is 421 g/mol. The summed E-state index contributed by atoms with van der Waals surface area (Å²) in [4.78, 5) is 11.6. The number of carboxylic acids is 1. The zero-order chi connectivity index (χ0) is 21.1. The maximum atomic E-state index is 11.6. The van der Waals surface area contributed by atoms with Gasteiger partial charge < -0.3 is 15.2 Å². The SMILES string of the molecule is CC(Oc1ccc2c(c1)C(CC(=O)O)C(Cc1ccc(Cl)cc1)N2)c1ccccc1. The number of halogens is 1. The molecule has 0 bridgehead atoms. The van der Waals surface area contributed by atoms with Crippen LogP contribution in [0.1, 0.15) is 42.1 Å². The maximum Gasteiger partial charge on any atom is 0.304 e. The number of nitrogens with one attached hydrogen (secondary N) is 1. The zero-order valence-electron chi connectivity index (χ0n) is 16.7. The molecule has 4 rings (SSSR count). The van der Waals surface area contributed by atoms with Crippen molar-refractivity contribution in [1.29, 1.82) is 0 Å². The van der Waals surface area contributed by atoms with Gasteiger partial charge in [0.15, 0.2) is 0 Å². The number of rotatable bonds is 7. The minimum atomic E-state index is -0.806. The molecule has 0 amide bonds. The smallest absolute Gasteiger partial charge is 0.304 e. The topological polar surface area (TPSA) is 58.6 Å². The average Bonchev–Trinajstić information content (AvgIpc) is 3.06. The number of ether oxygens (including phenoxy) is 1. The van der Waals surface area contributed by atoms with Crippen LogP contribution < -0.4 is 10.1 Å². The molecule has 5 heteroatoms. The molecule has 0 aromatic heterocycles. The summed E-state index contributed by atoms with van der Waals surface area (Å²) < 4.78 is 6.16. The molecule has 3 aromatic carbocycles. The Bertz CT molecular complexity index is 1020. The van der Waals surface area contributed by atoms with Crippen LogP contribution in [0.5, 0.6) is 5.75 Å². The highest BCUT2D eigenvalue weighted by Crippen LogP contribution is 2.42. The summed E-state index contributed by atoms with van der Waals surface area (Å²) in [7, 11) is 0. The second-order valence-corrected chi connectivity index (χ2v) is 8.14. The standard InChI is InChI=1S/C25H24ClNO3/c1-16(18-5-3-2-4-6-18)30-20-11-12-23-21(14-20)22(15-25(28)29)24(27-23)13-17-7-9-19(26)10-8-17/h2-12,14,16,22,24,27H,13,15H2,1H3,(H,28,29). The van der Waals surface area contributed by atoms with Crippen LogP contribution in [0.3, 0.4) is 0 Å². The fourth-order valence-corrected chi connectivity index (χ4v) is 4.20. The van der Waals surface area contributed by atoms with Crippen LogP contribution in [0, 0.1) is 0 Å². The molecule has 0 radical (unpaired) electrons. The van der Waals surface area contributed by atoms with E-state index >= 15 is 0 Å². The van der Waals surface area contributed by atoms with Crippen molar-refractivity contribution in [3.05, 3.63) is 94.5 Å². The Hall–Kier alpha value is -2.98. The van der Waals surface area contributed by atoms with Crippen molar-refractivity contribution in [1.82, 2.24) is 0 Å². The lowest BCUT2D eigenvalue weighted by molar-refractivity contribution is -0.137. The van der Waals surface area contributed by atoms with Crippen molar-refractivity contribution in [2.24, 2.45) is 0 Å². The van der Waals surface area contributed by atoms with Gasteiger partial charge in [-0.3, -0.25) is 4.79 Å². The molecule has 1 aliphatic rings. The van der Waals surface area contributed by atoms with E-state index in [2.05, 4.69) is 5.32 Å². The number of carboxylic acid groups (broad SMARTS) is 1. The minimum Gasteiger partial charge on any atom is -0.486 e. The molecular weight excluding hydrogens is 398 g/mol. The molecule has 0 aliphatic carbocycles. The summed E-state index contributed by atoms with van der Waals surface area (Å²) in [5, 5.41) is 13.7. The van der Waals surface area contributed by atoms with Crippen molar-refractivity contribution in [3.63, 3.8) is 0 Å². The van der Waals surface area contributed by atoms with Gasteiger partial charge in [-0.1, -0.05) is 54.1 Å². The first-order valence-electron chi connectivity index (χ1n) is 10.1. The van der Waals surface area contributed by atoms with E-state index in [1.165, 1.54) is 0 Å². The van der Waals surface area contributed by atoms with Crippen molar-refractivity contribution in [2.45, 2.75) is 37.8 Å². The van der Waals surface area contributed by atoms with Crippen molar-refractivity contribution >= 4 is 23.3 Å². The quantitative estimate of drug-likeness (QED) is 0.485. The first-order chi connectivity index (χ1) is 14.5. The van der Waals surface area contributed by atoms with Gasteiger partial charge in [-0.25, -0.2) is 0 Å². The van der Waals surface area contributed by atoms with E-state index in [0.29, 0.717) is 5.02 Å². The molecule has 30 heavy (non-hydrogen) atoms. The van der Waals surface area contributed by atoms with Crippen LogP contribution in [0.4, 0.5) is 5.69 Å². The number of hydrogen-bond acceptors (Lipinski definition) is 3. The normalized spacial score (nSPS) is 18.3. The Morgan fingerprint density at radius 2 is 1.83 bits per heavy atom. The lowest BCUT2D eigenvalue weighted by Crippen LogP contribution is -2.25. The van der Waals surface area contributed by atoms with Crippen molar-refractivity contribution in [3.8, 4) is 5.75 Å².